The highest BCUT2D eigenvalue weighted by Gasteiger charge is 2.24. The van der Waals surface area contributed by atoms with Gasteiger partial charge in [0.1, 0.15) is 11.9 Å². The minimum absolute atomic E-state index is 0.319. The van der Waals surface area contributed by atoms with E-state index >= 15 is 0 Å². The van der Waals surface area contributed by atoms with Crippen molar-refractivity contribution >= 4 is 0 Å². The molecule has 2 rings (SSSR count). The van der Waals surface area contributed by atoms with Crippen LogP contribution in [0.15, 0.2) is 24.3 Å². The molecular formula is C12H13FN2O. The molecule has 0 aromatic heterocycles. The number of hydrogen-bond donors (Lipinski definition) is 0. The van der Waals surface area contributed by atoms with Gasteiger partial charge in [0.25, 0.3) is 0 Å². The van der Waals surface area contributed by atoms with E-state index in [1.54, 1.807) is 18.2 Å². The fourth-order valence-electron chi connectivity index (χ4n) is 1.88. The molecule has 1 aliphatic rings. The second-order valence-corrected chi connectivity index (χ2v) is 3.70. The summed E-state index contributed by atoms with van der Waals surface area (Å²) in [5.41, 5.74) is 0.451. The average molecular weight is 220 g/mol. The van der Waals surface area contributed by atoms with Crippen LogP contribution in [0.25, 0.3) is 0 Å². The van der Waals surface area contributed by atoms with Crippen molar-refractivity contribution in [2.45, 2.75) is 6.04 Å². The normalized spacial score (nSPS) is 19.0. The summed E-state index contributed by atoms with van der Waals surface area (Å²) >= 11 is 0. The van der Waals surface area contributed by atoms with Gasteiger partial charge in [-0.1, -0.05) is 18.2 Å². The highest BCUT2D eigenvalue weighted by atomic mass is 19.1. The Labute approximate surface area is 94.0 Å². The van der Waals surface area contributed by atoms with Crippen LogP contribution in [0.1, 0.15) is 11.6 Å². The van der Waals surface area contributed by atoms with Crippen molar-refractivity contribution in [1.82, 2.24) is 4.90 Å². The molecule has 1 aromatic carbocycles. The van der Waals surface area contributed by atoms with Crippen molar-refractivity contribution in [2.75, 3.05) is 26.3 Å². The zero-order chi connectivity index (χ0) is 11.4. The van der Waals surface area contributed by atoms with Crippen molar-refractivity contribution in [3.63, 3.8) is 0 Å². The lowest BCUT2D eigenvalue weighted by molar-refractivity contribution is 0.0261. The molecule has 0 radical (unpaired) electrons. The van der Waals surface area contributed by atoms with Crippen LogP contribution in [0.3, 0.4) is 0 Å². The van der Waals surface area contributed by atoms with Crippen LogP contribution in [-0.4, -0.2) is 31.2 Å². The molecule has 0 unspecified atom stereocenters. The van der Waals surface area contributed by atoms with Gasteiger partial charge in [0.2, 0.25) is 0 Å². The molecule has 0 bridgehead atoms. The van der Waals surface area contributed by atoms with E-state index in [2.05, 4.69) is 6.07 Å². The van der Waals surface area contributed by atoms with Gasteiger partial charge in [-0.2, -0.15) is 5.26 Å². The maximum atomic E-state index is 13.6. The van der Waals surface area contributed by atoms with Crippen LogP contribution in [-0.2, 0) is 4.74 Å². The molecule has 1 saturated heterocycles. The lowest BCUT2D eigenvalue weighted by atomic mass is 10.1. The number of hydrogen-bond acceptors (Lipinski definition) is 3. The SMILES string of the molecule is N#C[C@@H](c1ccccc1F)N1CCOCC1. The number of benzene rings is 1. The van der Waals surface area contributed by atoms with Crippen LogP contribution in [0.4, 0.5) is 4.39 Å². The van der Waals surface area contributed by atoms with E-state index < -0.39 is 6.04 Å². The van der Waals surface area contributed by atoms with Gasteiger partial charge in [0.05, 0.1) is 19.3 Å². The maximum Gasteiger partial charge on any atom is 0.129 e. The summed E-state index contributed by atoms with van der Waals surface area (Å²) in [4.78, 5) is 1.95. The Morgan fingerprint density at radius 3 is 2.62 bits per heavy atom. The molecule has 0 spiro atoms. The monoisotopic (exact) mass is 220 g/mol. The molecule has 0 amide bonds. The third kappa shape index (κ3) is 2.21. The zero-order valence-corrected chi connectivity index (χ0v) is 8.90. The Kier molecular flexibility index (Phi) is 3.50. The molecule has 1 heterocycles. The Morgan fingerprint density at radius 2 is 2.00 bits per heavy atom. The van der Waals surface area contributed by atoms with E-state index in [1.807, 2.05) is 4.90 Å². The van der Waals surface area contributed by atoms with Gasteiger partial charge in [-0.3, -0.25) is 4.90 Å². The summed E-state index contributed by atoms with van der Waals surface area (Å²) in [6.07, 6.45) is 0. The topological polar surface area (TPSA) is 36.3 Å². The summed E-state index contributed by atoms with van der Waals surface area (Å²) in [5, 5.41) is 9.16. The molecule has 3 nitrogen and oxygen atoms in total. The predicted octanol–water partition coefficient (Wildman–Crippen LogP) is 1.72. The van der Waals surface area contributed by atoms with Gasteiger partial charge < -0.3 is 4.74 Å². The van der Waals surface area contributed by atoms with Crippen LogP contribution in [0, 0.1) is 17.1 Å². The lowest BCUT2D eigenvalue weighted by Gasteiger charge is -2.30. The molecule has 84 valence electrons. The van der Waals surface area contributed by atoms with Gasteiger partial charge >= 0.3 is 0 Å². The molecule has 1 atom stereocenters. The Morgan fingerprint density at radius 1 is 1.31 bits per heavy atom. The van der Waals surface area contributed by atoms with Gasteiger partial charge in [-0.05, 0) is 6.07 Å². The minimum Gasteiger partial charge on any atom is -0.379 e. The van der Waals surface area contributed by atoms with Crippen LogP contribution >= 0.6 is 0 Å². The van der Waals surface area contributed by atoms with E-state index in [0.29, 0.717) is 31.9 Å². The number of nitrogens with zero attached hydrogens (tertiary/aromatic N) is 2. The molecule has 16 heavy (non-hydrogen) atoms. The van der Waals surface area contributed by atoms with Crippen LogP contribution in [0.5, 0.6) is 0 Å². The van der Waals surface area contributed by atoms with E-state index in [9.17, 15) is 4.39 Å². The van der Waals surface area contributed by atoms with E-state index in [-0.39, 0.29) is 5.82 Å². The van der Waals surface area contributed by atoms with Crippen LogP contribution in [0.2, 0.25) is 0 Å². The van der Waals surface area contributed by atoms with Crippen LogP contribution < -0.4 is 0 Å². The summed E-state index contributed by atoms with van der Waals surface area (Å²) < 4.78 is 18.8. The minimum atomic E-state index is -0.509. The van der Waals surface area contributed by atoms with E-state index in [1.165, 1.54) is 6.07 Å². The Hall–Kier alpha value is -1.44. The Balaban J connectivity index is 2.22. The fourth-order valence-corrected chi connectivity index (χ4v) is 1.88. The quantitative estimate of drug-likeness (QED) is 0.761. The number of ether oxygens (including phenoxy) is 1. The van der Waals surface area contributed by atoms with Crippen molar-refractivity contribution in [3.8, 4) is 6.07 Å². The first-order chi connectivity index (χ1) is 7.83. The van der Waals surface area contributed by atoms with E-state index in [4.69, 9.17) is 10.00 Å². The molecular weight excluding hydrogens is 207 g/mol. The third-order valence-electron chi connectivity index (χ3n) is 2.73. The largest absolute Gasteiger partial charge is 0.379 e. The van der Waals surface area contributed by atoms with Crippen molar-refractivity contribution in [2.24, 2.45) is 0 Å². The van der Waals surface area contributed by atoms with Gasteiger partial charge in [0.15, 0.2) is 0 Å². The van der Waals surface area contributed by atoms with Crippen molar-refractivity contribution in [1.29, 1.82) is 5.26 Å². The van der Waals surface area contributed by atoms with Crippen molar-refractivity contribution in [3.05, 3.63) is 35.6 Å². The number of nitriles is 1. The summed E-state index contributed by atoms with van der Waals surface area (Å²) in [7, 11) is 0. The Bertz CT molecular complexity index is 396. The maximum absolute atomic E-state index is 13.6. The first-order valence-corrected chi connectivity index (χ1v) is 5.29. The fraction of sp³-hybridized carbons (Fsp3) is 0.417. The number of rotatable bonds is 2. The van der Waals surface area contributed by atoms with Gasteiger partial charge in [-0.15, -0.1) is 0 Å². The summed E-state index contributed by atoms with van der Waals surface area (Å²) in [6.45, 7) is 2.55. The molecule has 0 saturated carbocycles. The standard InChI is InChI=1S/C12H13FN2O/c13-11-4-2-1-3-10(11)12(9-14)15-5-7-16-8-6-15/h1-4,12H,5-8H2/t12-/m0/s1. The first kappa shape index (κ1) is 11.1. The average Bonchev–Trinajstić information content (AvgIpc) is 2.34. The number of halogens is 1. The van der Waals surface area contributed by atoms with Gasteiger partial charge in [0, 0.05) is 18.7 Å². The smallest absolute Gasteiger partial charge is 0.129 e. The lowest BCUT2D eigenvalue weighted by Crippen LogP contribution is -2.38. The first-order valence-electron chi connectivity index (χ1n) is 5.29. The molecule has 4 heteroatoms. The molecule has 1 fully saturated rings. The highest BCUT2D eigenvalue weighted by molar-refractivity contribution is 5.26. The molecule has 1 aromatic rings. The molecule has 1 aliphatic heterocycles. The summed E-state index contributed by atoms with van der Waals surface area (Å²) in [5.74, 6) is -0.319. The predicted molar refractivity (Wildman–Crippen MR) is 57.1 cm³/mol. The second kappa shape index (κ2) is 5.06. The molecule has 0 N–H and O–H groups in total. The van der Waals surface area contributed by atoms with Gasteiger partial charge in [-0.25, -0.2) is 4.39 Å². The second-order valence-electron chi connectivity index (χ2n) is 3.70. The highest BCUT2D eigenvalue weighted by Crippen LogP contribution is 2.23. The van der Waals surface area contributed by atoms with E-state index in [0.717, 1.165) is 0 Å². The number of morpholine rings is 1. The summed E-state index contributed by atoms with van der Waals surface area (Å²) in [6, 6.07) is 8.09. The van der Waals surface area contributed by atoms with Crippen molar-refractivity contribution < 1.29 is 9.13 Å². The zero-order valence-electron chi connectivity index (χ0n) is 8.90. The molecule has 0 aliphatic carbocycles. The third-order valence-corrected chi connectivity index (χ3v) is 2.73.